The minimum absolute atomic E-state index is 0.383. The van der Waals surface area contributed by atoms with Gasteiger partial charge in [0.2, 0.25) is 0 Å². The molecule has 0 aliphatic rings. The summed E-state index contributed by atoms with van der Waals surface area (Å²) in [5.74, 6) is -0.472. The van der Waals surface area contributed by atoms with Gasteiger partial charge in [-0.2, -0.15) is 0 Å². The third-order valence-corrected chi connectivity index (χ3v) is 1.18. The minimum Gasteiger partial charge on any atom is -0.466 e. The van der Waals surface area contributed by atoms with Crippen molar-refractivity contribution >= 4 is 5.97 Å². The van der Waals surface area contributed by atoms with Crippen molar-refractivity contribution in [3.8, 4) is 0 Å². The van der Waals surface area contributed by atoms with Crippen LogP contribution in [0.5, 0.6) is 0 Å². The van der Waals surface area contributed by atoms with E-state index < -0.39 is 13.0 Å². The second-order valence-electron chi connectivity index (χ2n) is 2.91. The van der Waals surface area contributed by atoms with Crippen molar-refractivity contribution in [3.63, 3.8) is 0 Å². The minimum atomic E-state index is -2.67. The van der Waals surface area contributed by atoms with Crippen LogP contribution in [-0.4, -0.2) is 13.0 Å². The molecule has 0 N–H and O–H groups in total. The molecule has 0 saturated heterocycles. The summed E-state index contributed by atoms with van der Waals surface area (Å²) >= 11 is 0. The van der Waals surface area contributed by atoms with Gasteiger partial charge < -0.3 is 4.74 Å². The second-order valence-corrected chi connectivity index (χ2v) is 2.91. The zero-order chi connectivity index (χ0) is 12.1. The Bertz CT molecular complexity index is 275. The van der Waals surface area contributed by atoms with E-state index in [-0.39, 0.29) is 0 Å². The molecule has 12 heavy (non-hydrogen) atoms. The Hall–Kier alpha value is -1.05. The van der Waals surface area contributed by atoms with Crippen LogP contribution in [0.1, 0.15) is 24.9 Å². The maximum atomic E-state index is 11.0. The molecule has 0 rings (SSSR count). The van der Waals surface area contributed by atoms with Crippen molar-refractivity contribution in [2.75, 3.05) is 7.04 Å². The summed E-state index contributed by atoms with van der Waals surface area (Å²) in [6.07, 6.45) is 4.60. The van der Waals surface area contributed by atoms with Gasteiger partial charge in [-0.25, -0.2) is 4.79 Å². The van der Waals surface area contributed by atoms with Crippen molar-refractivity contribution in [1.29, 1.82) is 0 Å². The number of rotatable bonds is 3. The predicted octanol–water partition coefficient (Wildman–Crippen LogP) is 2.32. The van der Waals surface area contributed by atoms with Crippen molar-refractivity contribution in [2.45, 2.75) is 20.8 Å². The molecule has 0 aromatic rings. The van der Waals surface area contributed by atoms with Gasteiger partial charge in [0.15, 0.2) is 0 Å². The summed E-state index contributed by atoms with van der Waals surface area (Å²) in [6, 6.07) is 0. The van der Waals surface area contributed by atoms with Gasteiger partial charge in [0, 0.05) is 6.08 Å². The third kappa shape index (κ3) is 5.71. The highest BCUT2D eigenvalue weighted by Crippen LogP contribution is 2.02. The summed E-state index contributed by atoms with van der Waals surface area (Å²) < 4.78 is 24.2. The van der Waals surface area contributed by atoms with E-state index in [0.29, 0.717) is 5.92 Å². The van der Waals surface area contributed by atoms with E-state index in [9.17, 15) is 4.79 Å². The topological polar surface area (TPSA) is 26.3 Å². The van der Waals surface area contributed by atoms with E-state index in [0.717, 1.165) is 11.6 Å². The predicted molar refractivity (Wildman–Crippen MR) is 49.8 cm³/mol. The largest absolute Gasteiger partial charge is 0.466 e. The van der Waals surface area contributed by atoms with E-state index in [4.69, 9.17) is 4.11 Å². The van der Waals surface area contributed by atoms with Crippen LogP contribution in [0.3, 0.4) is 0 Å². The zero-order valence-corrected chi connectivity index (χ0v) is 7.63. The van der Waals surface area contributed by atoms with Gasteiger partial charge >= 0.3 is 5.97 Å². The van der Waals surface area contributed by atoms with E-state index >= 15 is 0 Å². The Balaban J connectivity index is 4.24. The molecule has 0 radical (unpaired) electrons. The van der Waals surface area contributed by atoms with Gasteiger partial charge in [-0.05, 0) is 12.8 Å². The number of allylic oxidation sites excluding steroid dienone is 3. The van der Waals surface area contributed by atoms with Crippen LogP contribution in [0.2, 0.25) is 0 Å². The summed E-state index contributed by atoms with van der Waals surface area (Å²) in [6.45, 7) is 5.86. The normalized spacial score (nSPS) is 17.3. The molecular formula is C10H16O2. The zero-order valence-electron chi connectivity index (χ0n) is 10.6. The SMILES string of the molecule is [2H]C([2H])([2H])OC(=O)/C=C/C(C)=C/C(C)C. The molecule has 0 aliphatic carbocycles. The summed E-state index contributed by atoms with van der Waals surface area (Å²) in [7, 11) is -2.67. The number of carbonyl (C=O) groups is 1. The van der Waals surface area contributed by atoms with Gasteiger partial charge in [-0.1, -0.05) is 31.6 Å². The first kappa shape index (κ1) is 6.46. The second kappa shape index (κ2) is 5.58. The quantitative estimate of drug-likeness (QED) is 0.370. The Morgan fingerprint density at radius 2 is 2.17 bits per heavy atom. The maximum Gasteiger partial charge on any atom is 0.330 e. The lowest BCUT2D eigenvalue weighted by Gasteiger charge is -1.96. The summed E-state index contributed by atoms with van der Waals surface area (Å²) in [5.41, 5.74) is 0.896. The van der Waals surface area contributed by atoms with Gasteiger partial charge in [0.25, 0.3) is 0 Å². The number of hydrogen-bond donors (Lipinski definition) is 0. The third-order valence-electron chi connectivity index (χ3n) is 1.18. The van der Waals surface area contributed by atoms with Crippen LogP contribution in [0, 0.1) is 5.92 Å². The molecule has 0 fully saturated rings. The number of hydrogen-bond acceptors (Lipinski definition) is 2. The van der Waals surface area contributed by atoms with Crippen molar-refractivity contribution < 1.29 is 13.6 Å². The standard InChI is InChI=1S/C10H16O2/c1-8(2)7-9(3)5-6-10(11)12-4/h5-8H,1-4H3/b6-5+,9-7+/i4D3. The molecule has 68 valence electrons. The van der Waals surface area contributed by atoms with Gasteiger partial charge in [-0.15, -0.1) is 0 Å². The lowest BCUT2D eigenvalue weighted by atomic mass is 10.1. The molecular weight excluding hydrogens is 152 g/mol. The summed E-state index contributed by atoms with van der Waals surface area (Å²) in [4.78, 5) is 11.0. The van der Waals surface area contributed by atoms with E-state index in [1.807, 2.05) is 26.8 Å². The smallest absolute Gasteiger partial charge is 0.330 e. The average molecular weight is 171 g/mol. The fourth-order valence-corrected chi connectivity index (χ4v) is 0.815. The first-order chi connectivity index (χ1) is 6.70. The van der Waals surface area contributed by atoms with Crippen LogP contribution >= 0.6 is 0 Å². The number of carbonyl (C=O) groups excluding carboxylic acids is 1. The van der Waals surface area contributed by atoms with Crippen LogP contribution in [0.25, 0.3) is 0 Å². The average Bonchev–Trinajstić information content (AvgIpc) is 1.96. The molecule has 0 spiro atoms. The highest BCUT2D eigenvalue weighted by atomic mass is 16.5. The first-order valence-electron chi connectivity index (χ1n) is 5.30. The highest BCUT2D eigenvalue weighted by Gasteiger charge is 1.91. The number of esters is 1. The number of methoxy groups -OCH3 is 1. The van der Waals surface area contributed by atoms with Crippen LogP contribution in [0.4, 0.5) is 0 Å². The van der Waals surface area contributed by atoms with Crippen molar-refractivity contribution in [3.05, 3.63) is 23.8 Å². The molecule has 2 nitrogen and oxygen atoms in total. The first-order valence-corrected chi connectivity index (χ1v) is 3.80. The van der Waals surface area contributed by atoms with E-state index in [1.54, 1.807) is 0 Å². The fourth-order valence-electron chi connectivity index (χ4n) is 0.815. The monoisotopic (exact) mass is 171 g/mol. The van der Waals surface area contributed by atoms with Gasteiger partial charge in [0.05, 0.1) is 11.2 Å². The fraction of sp³-hybridized carbons (Fsp3) is 0.500. The maximum absolute atomic E-state index is 11.0. The molecule has 0 amide bonds. The lowest BCUT2D eigenvalue weighted by Crippen LogP contribution is -1.93. The molecule has 0 aromatic carbocycles. The van der Waals surface area contributed by atoms with E-state index in [2.05, 4.69) is 4.74 Å². The van der Waals surface area contributed by atoms with Gasteiger partial charge in [-0.3, -0.25) is 0 Å². The Kier molecular flexibility index (Phi) is 3.01. The number of ether oxygens (including phenoxy) is 1. The Morgan fingerprint density at radius 3 is 2.67 bits per heavy atom. The lowest BCUT2D eigenvalue weighted by molar-refractivity contribution is -0.134. The summed E-state index contributed by atoms with van der Waals surface area (Å²) in [5, 5.41) is 0. The molecule has 0 aromatic heterocycles. The van der Waals surface area contributed by atoms with Gasteiger partial charge in [0.1, 0.15) is 0 Å². The van der Waals surface area contributed by atoms with Crippen LogP contribution < -0.4 is 0 Å². The van der Waals surface area contributed by atoms with Crippen molar-refractivity contribution in [2.24, 2.45) is 5.92 Å². The van der Waals surface area contributed by atoms with E-state index in [1.165, 1.54) is 6.08 Å². The molecule has 2 heteroatoms. The molecule has 0 atom stereocenters. The molecule has 0 saturated carbocycles. The van der Waals surface area contributed by atoms with Crippen molar-refractivity contribution in [1.82, 2.24) is 0 Å². The van der Waals surface area contributed by atoms with Crippen LogP contribution in [-0.2, 0) is 9.53 Å². The highest BCUT2D eigenvalue weighted by molar-refractivity contribution is 5.82. The molecule has 0 aliphatic heterocycles. The molecule has 0 heterocycles. The molecule has 0 unspecified atom stereocenters. The Labute approximate surface area is 78.1 Å². The molecule has 0 bridgehead atoms. The van der Waals surface area contributed by atoms with Crippen LogP contribution in [0.15, 0.2) is 23.8 Å². The Morgan fingerprint density at radius 1 is 1.50 bits per heavy atom.